The van der Waals surface area contributed by atoms with Crippen LogP contribution in [0.1, 0.15) is 5.56 Å². The molecule has 0 spiro atoms. The van der Waals surface area contributed by atoms with Crippen LogP contribution in [0.4, 0.5) is 0 Å². The summed E-state index contributed by atoms with van der Waals surface area (Å²) < 4.78 is 12.7. The van der Waals surface area contributed by atoms with Gasteiger partial charge in [-0.2, -0.15) is 0 Å². The van der Waals surface area contributed by atoms with Crippen LogP contribution in [0.15, 0.2) is 28.7 Å². The molecule has 1 aromatic carbocycles. The molecule has 0 bridgehead atoms. The second-order valence-corrected chi connectivity index (χ2v) is 5.95. The predicted molar refractivity (Wildman–Crippen MR) is 71.3 cm³/mol. The van der Waals surface area contributed by atoms with E-state index in [1.165, 1.54) is 5.56 Å². The summed E-state index contributed by atoms with van der Waals surface area (Å²) in [6.07, 6.45) is 0.234. The fourth-order valence-corrected chi connectivity index (χ4v) is 2.54. The topological polar surface area (TPSA) is 18.5 Å². The Morgan fingerprint density at radius 1 is 1.40 bits per heavy atom. The summed E-state index contributed by atoms with van der Waals surface area (Å²) in [6, 6.07) is 8.14. The second-order valence-electron chi connectivity index (χ2n) is 3.49. The molecule has 2 nitrogen and oxygen atoms in total. The number of hydrogen-bond acceptors (Lipinski definition) is 2. The maximum Gasteiger partial charge on any atom is 0.0952 e. The molecule has 1 aliphatic heterocycles. The summed E-state index contributed by atoms with van der Waals surface area (Å²) in [5, 5.41) is 0. The van der Waals surface area contributed by atoms with Crippen molar-refractivity contribution in [2.75, 3.05) is 13.2 Å². The van der Waals surface area contributed by atoms with E-state index >= 15 is 0 Å². The molecule has 1 heterocycles. The van der Waals surface area contributed by atoms with Crippen LogP contribution in [0.2, 0.25) is 0 Å². The lowest BCUT2D eigenvalue weighted by molar-refractivity contribution is 0.0343. The van der Waals surface area contributed by atoms with E-state index in [1.807, 2.05) is 18.2 Å². The summed E-state index contributed by atoms with van der Waals surface area (Å²) in [5.41, 5.74) is 1.19. The third-order valence-electron chi connectivity index (χ3n) is 2.37. The summed E-state index contributed by atoms with van der Waals surface area (Å²) >= 11 is 5.89. The van der Waals surface area contributed by atoms with Gasteiger partial charge < -0.3 is 9.47 Å². The summed E-state index contributed by atoms with van der Waals surface area (Å²) in [5.74, 6) is 0. The van der Waals surface area contributed by atoms with Gasteiger partial charge >= 0.3 is 0 Å². The van der Waals surface area contributed by atoms with Gasteiger partial charge in [0.1, 0.15) is 0 Å². The molecule has 2 atom stereocenters. The molecule has 1 aromatic rings. The first-order valence-electron chi connectivity index (χ1n) is 4.84. The predicted octanol–water partition coefficient (Wildman–Crippen LogP) is 3.17. The quantitative estimate of drug-likeness (QED) is 0.590. The molecule has 0 aromatic heterocycles. The number of halogens is 2. The van der Waals surface area contributed by atoms with Gasteiger partial charge in [-0.1, -0.05) is 56.7 Å². The van der Waals surface area contributed by atoms with Crippen molar-refractivity contribution in [2.24, 2.45) is 0 Å². The van der Waals surface area contributed by atoms with E-state index in [4.69, 9.17) is 9.47 Å². The molecule has 0 aliphatic carbocycles. The lowest BCUT2D eigenvalue weighted by Gasteiger charge is -2.14. The van der Waals surface area contributed by atoms with Crippen LogP contribution < -0.4 is 0 Å². The first-order chi connectivity index (χ1) is 7.27. The number of hydrogen-bond donors (Lipinski definition) is 0. The molecule has 2 unspecified atom stereocenters. The van der Waals surface area contributed by atoms with Crippen molar-refractivity contribution < 1.29 is 9.47 Å². The van der Waals surface area contributed by atoms with Crippen LogP contribution in [-0.2, 0) is 16.1 Å². The van der Waals surface area contributed by atoms with Gasteiger partial charge in [0.15, 0.2) is 0 Å². The monoisotopic (exact) mass is 382 g/mol. The zero-order valence-electron chi connectivity index (χ0n) is 8.16. The second kappa shape index (κ2) is 5.61. The van der Waals surface area contributed by atoms with Gasteiger partial charge in [-0.15, -0.1) is 0 Å². The smallest absolute Gasteiger partial charge is 0.0952 e. The fourth-order valence-electron chi connectivity index (χ4n) is 1.47. The minimum absolute atomic E-state index is 0.234. The van der Waals surface area contributed by atoms with Crippen molar-refractivity contribution in [3.63, 3.8) is 0 Å². The average Bonchev–Trinajstić information content (AvgIpc) is 2.63. The zero-order chi connectivity index (χ0) is 10.7. The molecule has 1 fully saturated rings. The van der Waals surface area contributed by atoms with E-state index in [1.54, 1.807) is 0 Å². The Labute approximate surface area is 112 Å². The standard InChI is InChI=1S/C11H12BrIO2/c12-9-4-2-1-3-8(9)5-15-11-7-14-6-10(11)13/h1-4,10-11H,5-7H2. The van der Waals surface area contributed by atoms with Crippen LogP contribution in [0.3, 0.4) is 0 Å². The third-order valence-corrected chi connectivity index (χ3v) is 4.31. The summed E-state index contributed by atoms with van der Waals surface area (Å²) in [4.78, 5) is 0. The molecule has 15 heavy (non-hydrogen) atoms. The molecule has 0 N–H and O–H groups in total. The average molecular weight is 383 g/mol. The Morgan fingerprint density at radius 2 is 2.20 bits per heavy atom. The maximum atomic E-state index is 5.82. The Morgan fingerprint density at radius 3 is 2.87 bits per heavy atom. The van der Waals surface area contributed by atoms with Crippen LogP contribution in [0.5, 0.6) is 0 Å². The molecule has 1 aliphatic rings. The molecule has 2 rings (SSSR count). The SMILES string of the molecule is Brc1ccccc1COC1COCC1I. The summed E-state index contributed by atoms with van der Waals surface area (Å²) in [7, 11) is 0. The van der Waals surface area contributed by atoms with E-state index in [0.29, 0.717) is 10.5 Å². The molecule has 4 heteroatoms. The van der Waals surface area contributed by atoms with Crippen molar-refractivity contribution >= 4 is 38.5 Å². The zero-order valence-corrected chi connectivity index (χ0v) is 11.9. The van der Waals surface area contributed by atoms with Gasteiger partial charge in [-0.25, -0.2) is 0 Å². The van der Waals surface area contributed by atoms with Crippen molar-refractivity contribution in [1.82, 2.24) is 0 Å². The minimum Gasteiger partial charge on any atom is -0.378 e. The third kappa shape index (κ3) is 3.15. The lowest BCUT2D eigenvalue weighted by Crippen LogP contribution is -2.21. The highest BCUT2D eigenvalue weighted by Gasteiger charge is 2.26. The molecular formula is C11H12BrIO2. The van der Waals surface area contributed by atoms with E-state index in [9.17, 15) is 0 Å². The first-order valence-corrected chi connectivity index (χ1v) is 6.88. The Balaban J connectivity index is 1.90. The van der Waals surface area contributed by atoms with E-state index < -0.39 is 0 Å². The highest BCUT2D eigenvalue weighted by molar-refractivity contribution is 14.1. The van der Waals surface area contributed by atoms with E-state index in [2.05, 4.69) is 44.6 Å². The molecule has 0 amide bonds. The van der Waals surface area contributed by atoms with E-state index in [0.717, 1.165) is 17.7 Å². The Kier molecular flexibility index (Phi) is 4.42. The van der Waals surface area contributed by atoms with Gasteiger partial charge in [0.25, 0.3) is 0 Å². The largest absolute Gasteiger partial charge is 0.378 e. The highest BCUT2D eigenvalue weighted by Crippen LogP contribution is 2.22. The molecule has 1 saturated heterocycles. The van der Waals surface area contributed by atoms with Crippen molar-refractivity contribution in [1.29, 1.82) is 0 Å². The van der Waals surface area contributed by atoms with Crippen molar-refractivity contribution in [3.8, 4) is 0 Å². The highest BCUT2D eigenvalue weighted by atomic mass is 127. The maximum absolute atomic E-state index is 5.82. The van der Waals surface area contributed by atoms with Crippen LogP contribution in [-0.4, -0.2) is 23.2 Å². The molecule has 0 saturated carbocycles. The van der Waals surface area contributed by atoms with Crippen LogP contribution in [0, 0.1) is 0 Å². The van der Waals surface area contributed by atoms with Crippen molar-refractivity contribution in [2.45, 2.75) is 16.6 Å². The van der Waals surface area contributed by atoms with Gasteiger partial charge in [0, 0.05) is 4.47 Å². The van der Waals surface area contributed by atoms with Crippen LogP contribution in [0.25, 0.3) is 0 Å². The molecular weight excluding hydrogens is 371 g/mol. The number of alkyl halides is 1. The van der Waals surface area contributed by atoms with Gasteiger partial charge in [0.05, 0.1) is 29.8 Å². The Bertz CT molecular complexity index is 332. The van der Waals surface area contributed by atoms with Crippen LogP contribution >= 0.6 is 38.5 Å². The summed E-state index contributed by atoms with van der Waals surface area (Å²) in [6.45, 7) is 2.17. The Hall–Kier alpha value is 0.350. The number of benzene rings is 1. The normalized spacial score (nSPS) is 25.7. The van der Waals surface area contributed by atoms with Gasteiger partial charge in [-0.3, -0.25) is 0 Å². The fraction of sp³-hybridized carbons (Fsp3) is 0.455. The van der Waals surface area contributed by atoms with Gasteiger partial charge in [0.2, 0.25) is 0 Å². The number of rotatable bonds is 3. The van der Waals surface area contributed by atoms with Crippen molar-refractivity contribution in [3.05, 3.63) is 34.3 Å². The van der Waals surface area contributed by atoms with E-state index in [-0.39, 0.29) is 6.10 Å². The molecule has 82 valence electrons. The molecule has 0 radical (unpaired) electrons. The minimum atomic E-state index is 0.234. The number of ether oxygens (including phenoxy) is 2. The van der Waals surface area contributed by atoms with Gasteiger partial charge in [-0.05, 0) is 11.6 Å². The first kappa shape index (κ1) is 11.8. The lowest BCUT2D eigenvalue weighted by atomic mass is 10.2.